The van der Waals surface area contributed by atoms with E-state index in [-0.39, 0.29) is 22.9 Å². The molecule has 6 nitrogen and oxygen atoms in total. The van der Waals surface area contributed by atoms with Gasteiger partial charge < -0.3 is 9.16 Å². The molecular weight excluding hydrogens is 300 g/mol. The molecule has 0 aromatic carbocycles. The van der Waals surface area contributed by atoms with E-state index in [0.717, 1.165) is 0 Å². The first kappa shape index (κ1) is 17.2. The summed E-state index contributed by atoms with van der Waals surface area (Å²) in [4.78, 5) is 25.7. The van der Waals surface area contributed by atoms with Crippen LogP contribution in [-0.4, -0.2) is 30.6 Å². The molecule has 1 aromatic heterocycles. The zero-order valence-corrected chi connectivity index (χ0v) is 15.2. The lowest BCUT2D eigenvalue weighted by molar-refractivity contribution is 0.0454. The first-order valence-corrected chi connectivity index (χ1v) is 10.5. The number of rotatable bonds is 3. The van der Waals surface area contributed by atoms with Gasteiger partial charge in [-0.15, -0.1) is 0 Å². The first-order chi connectivity index (χ1) is 10.0. The van der Waals surface area contributed by atoms with Gasteiger partial charge in [-0.05, 0) is 25.1 Å². The molecule has 1 aromatic rings. The topological polar surface area (TPSA) is 73.3 Å². The summed E-state index contributed by atoms with van der Waals surface area (Å²) in [5.74, 6) is 0. The van der Waals surface area contributed by atoms with E-state index in [1.807, 2.05) is 0 Å². The van der Waals surface area contributed by atoms with Gasteiger partial charge in [0.25, 0.3) is 5.56 Å². The van der Waals surface area contributed by atoms with Gasteiger partial charge in [-0.25, -0.2) is 4.79 Å². The van der Waals surface area contributed by atoms with Crippen molar-refractivity contribution in [3.05, 3.63) is 32.6 Å². The Balaban J connectivity index is 2.13. The Labute approximate surface area is 131 Å². The highest BCUT2D eigenvalue weighted by atomic mass is 28.4. The summed E-state index contributed by atoms with van der Waals surface area (Å²) < 4.78 is 13.5. The van der Waals surface area contributed by atoms with E-state index in [0.29, 0.717) is 18.6 Å². The summed E-state index contributed by atoms with van der Waals surface area (Å²) in [6.07, 6.45) is 1.79. The maximum absolute atomic E-state index is 11.9. The number of H-pyrrole nitrogens is 1. The number of ether oxygens (including phenoxy) is 1. The van der Waals surface area contributed by atoms with E-state index in [1.165, 1.54) is 4.57 Å². The van der Waals surface area contributed by atoms with Gasteiger partial charge in [-0.3, -0.25) is 14.3 Å². The van der Waals surface area contributed by atoms with Crippen molar-refractivity contribution in [1.29, 1.82) is 0 Å². The number of aryl methyl sites for hydroxylation is 1. The molecular formula is C15H26N2O4Si. The van der Waals surface area contributed by atoms with Crippen LogP contribution in [0.1, 0.15) is 39.0 Å². The molecule has 1 unspecified atom stereocenters. The predicted molar refractivity (Wildman–Crippen MR) is 87.7 cm³/mol. The third-order valence-corrected chi connectivity index (χ3v) is 9.20. The third-order valence-electron chi connectivity index (χ3n) is 4.66. The minimum Gasteiger partial charge on any atom is -0.411 e. The second-order valence-corrected chi connectivity index (χ2v) is 12.3. The van der Waals surface area contributed by atoms with E-state index >= 15 is 0 Å². The van der Waals surface area contributed by atoms with Crippen LogP contribution in [0.15, 0.2) is 15.8 Å². The van der Waals surface area contributed by atoms with Crippen molar-refractivity contribution in [2.24, 2.45) is 0 Å². The molecule has 0 saturated carbocycles. The van der Waals surface area contributed by atoms with Crippen LogP contribution < -0.4 is 11.2 Å². The van der Waals surface area contributed by atoms with Crippen LogP contribution in [0.4, 0.5) is 0 Å². The summed E-state index contributed by atoms with van der Waals surface area (Å²) in [6, 6.07) is 0. The molecule has 0 radical (unpaired) electrons. The van der Waals surface area contributed by atoms with Crippen LogP contribution >= 0.6 is 0 Å². The van der Waals surface area contributed by atoms with Gasteiger partial charge in [0, 0.05) is 18.2 Å². The fourth-order valence-corrected chi connectivity index (χ4v) is 3.60. The number of nitrogens with one attached hydrogen (secondary N) is 1. The van der Waals surface area contributed by atoms with E-state index in [2.05, 4.69) is 38.8 Å². The van der Waals surface area contributed by atoms with Gasteiger partial charge in [0.05, 0.1) is 12.7 Å². The fourth-order valence-electron chi connectivity index (χ4n) is 2.25. The number of nitrogens with zero attached hydrogens (tertiary/aromatic N) is 1. The molecule has 0 spiro atoms. The Kier molecular flexibility index (Phi) is 4.52. The monoisotopic (exact) mass is 326 g/mol. The molecule has 2 heterocycles. The maximum atomic E-state index is 11.9. The summed E-state index contributed by atoms with van der Waals surface area (Å²) >= 11 is 0. The smallest absolute Gasteiger partial charge is 0.330 e. The van der Waals surface area contributed by atoms with Crippen molar-refractivity contribution < 1.29 is 9.16 Å². The van der Waals surface area contributed by atoms with Crippen molar-refractivity contribution >= 4 is 8.32 Å². The average Bonchev–Trinajstić information content (AvgIpc) is 2.80. The minimum atomic E-state index is -1.86. The summed E-state index contributed by atoms with van der Waals surface area (Å²) in [6.45, 7) is 13.1. The highest BCUT2D eigenvalue weighted by Gasteiger charge is 2.41. The lowest BCUT2D eigenvalue weighted by atomic mass is 10.2. The van der Waals surface area contributed by atoms with Gasteiger partial charge in [0.15, 0.2) is 8.32 Å². The maximum Gasteiger partial charge on any atom is 0.330 e. The zero-order chi connectivity index (χ0) is 16.7. The van der Waals surface area contributed by atoms with E-state index in [9.17, 15) is 9.59 Å². The summed E-state index contributed by atoms with van der Waals surface area (Å²) in [5, 5.41) is 0.135. The van der Waals surface area contributed by atoms with Gasteiger partial charge >= 0.3 is 5.69 Å². The van der Waals surface area contributed by atoms with Crippen molar-refractivity contribution in [1.82, 2.24) is 9.55 Å². The second kappa shape index (κ2) is 5.79. The Morgan fingerprint density at radius 3 is 2.59 bits per heavy atom. The molecule has 1 aliphatic heterocycles. The molecule has 124 valence electrons. The SMILES string of the molecule is Cc1cn([C@H]2CC(O[Si](C)(C)C(C)(C)C)CO2)c(=O)[nH]c1=O. The second-order valence-electron chi connectivity index (χ2n) is 7.50. The zero-order valence-electron chi connectivity index (χ0n) is 14.2. The van der Waals surface area contributed by atoms with Gasteiger partial charge in [0.2, 0.25) is 0 Å². The molecule has 0 aliphatic carbocycles. The van der Waals surface area contributed by atoms with Crippen LogP contribution in [0.3, 0.4) is 0 Å². The lowest BCUT2D eigenvalue weighted by Crippen LogP contribution is -2.44. The van der Waals surface area contributed by atoms with E-state index < -0.39 is 14.0 Å². The molecule has 1 saturated heterocycles. The molecule has 2 atom stereocenters. The molecule has 0 amide bonds. The number of aromatic amines is 1. The van der Waals surface area contributed by atoms with Gasteiger partial charge in [-0.2, -0.15) is 0 Å². The Morgan fingerprint density at radius 2 is 2.00 bits per heavy atom. The molecule has 22 heavy (non-hydrogen) atoms. The predicted octanol–water partition coefficient (Wildman–Crippen LogP) is 2.15. The van der Waals surface area contributed by atoms with Crippen LogP contribution in [0, 0.1) is 6.92 Å². The molecule has 1 N–H and O–H groups in total. The molecule has 2 rings (SSSR count). The van der Waals surface area contributed by atoms with Crippen LogP contribution in [0.25, 0.3) is 0 Å². The van der Waals surface area contributed by atoms with E-state index in [4.69, 9.17) is 9.16 Å². The highest BCUT2D eigenvalue weighted by Crippen LogP contribution is 2.39. The van der Waals surface area contributed by atoms with Gasteiger partial charge in [0.1, 0.15) is 6.23 Å². The van der Waals surface area contributed by atoms with Crippen LogP contribution in [-0.2, 0) is 9.16 Å². The lowest BCUT2D eigenvalue weighted by Gasteiger charge is -2.38. The number of hydrogen-bond acceptors (Lipinski definition) is 4. The molecule has 1 fully saturated rings. The molecule has 7 heteroatoms. The van der Waals surface area contributed by atoms with Crippen molar-refractivity contribution in [3.63, 3.8) is 0 Å². The molecule has 1 aliphatic rings. The number of aromatic nitrogens is 2. The Bertz CT molecular complexity index is 657. The minimum absolute atomic E-state index is 0.00924. The Hall–Kier alpha value is -1.18. The quantitative estimate of drug-likeness (QED) is 0.864. The molecule has 0 bridgehead atoms. The van der Waals surface area contributed by atoms with Gasteiger partial charge in [-0.1, -0.05) is 20.8 Å². The number of hydrogen-bond donors (Lipinski definition) is 1. The van der Waals surface area contributed by atoms with E-state index in [1.54, 1.807) is 13.1 Å². The normalized spacial score (nSPS) is 23.0. The standard InChI is InChI=1S/C15H26N2O4Si/c1-10-8-17(14(19)16-13(10)18)12-7-11(9-20-12)21-22(5,6)15(2,3)4/h8,11-12H,7,9H2,1-6H3,(H,16,18,19)/t11?,12-/m1/s1. The summed E-state index contributed by atoms with van der Waals surface area (Å²) in [5.41, 5.74) is -0.293. The highest BCUT2D eigenvalue weighted by molar-refractivity contribution is 6.74. The van der Waals surface area contributed by atoms with Crippen molar-refractivity contribution in [3.8, 4) is 0 Å². The van der Waals surface area contributed by atoms with Crippen LogP contribution in [0.2, 0.25) is 18.1 Å². The first-order valence-electron chi connectivity index (χ1n) is 7.63. The summed E-state index contributed by atoms with van der Waals surface area (Å²) in [7, 11) is -1.86. The largest absolute Gasteiger partial charge is 0.411 e. The van der Waals surface area contributed by atoms with Crippen LogP contribution in [0.5, 0.6) is 0 Å². The Morgan fingerprint density at radius 1 is 1.36 bits per heavy atom. The van der Waals surface area contributed by atoms with Crippen molar-refractivity contribution in [2.45, 2.75) is 64.6 Å². The third kappa shape index (κ3) is 3.42. The fraction of sp³-hybridized carbons (Fsp3) is 0.733. The average molecular weight is 326 g/mol. The van der Waals surface area contributed by atoms with Crippen molar-refractivity contribution in [2.75, 3.05) is 6.61 Å².